The summed E-state index contributed by atoms with van der Waals surface area (Å²) < 4.78 is 6.07. The van der Waals surface area contributed by atoms with E-state index in [9.17, 15) is 4.79 Å². The highest BCUT2D eigenvalue weighted by atomic mass is 16.4. The molecule has 0 saturated carbocycles. The van der Waals surface area contributed by atoms with Crippen molar-refractivity contribution in [2.45, 2.75) is 0 Å². The zero-order valence-electron chi connectivity index (χ0n) is 5.15. The quantitative estimate of drug-likeness (QED) is 0.537. The predicted molar refractivity (Wildman–Crippen MR) is 35.9 cm³/mol. The zero-order chi connectivity index (χ0) is 6.97. The molecule has 0 radical (unpaired) electrons. The van der Waals surface area contributed by atoms with E-state index in [1.54, 1.807) is 12.3 Å². The van der Waals surface area contributed by atoms with Gasteiger partial charge in [-0.05, 0) is 12.1 Å². The van der Waals surface area contributed by atoms with Crippen molar-refractivity contribution < 1.29 is 4.42 Å². The Morgan fingerprint density at radius 1 is 1.40 bits per heavy atom. The lowest BCUT2D eigenvalue weighted by Gasteiger charge is -1.84. The Morgan fingerprint density at radius 2 is 2.30 bits per heavy atom. The molecular weight excluding hydrogens is 130 g/mol. The first kappa shape index (κ1) is 5.29. The second-order valence-corrected chi connectivity index (χ2v) is 2.00. The van der Waals surface area contributed by atoms with E-state index in [1.165, 1.54) is 10.7 Å². The molecule has 0 aliphatic carbocycles. The van der Waals surface area contributed by atoms with Crippen LogP contribution in [-0.4, -0.2) is 4.40 Å². The molecule has 50 valence electrons. The first-order chi connectivity index (χ1) is 4.88. The normalized spacial score (nSPS) is 10.4. The Kier molecular flexibility index (Phi) is 0.917. The van der Waals surface area contributed by atoms with Crippen LogP contribution in [0.3, 0.4) is 0 Å². The molecule has 0 saturated heterocycles. The van der Waals surface area contributed by atoms with E-state index >= 15 is 0 Å². The van der Waals surface area contributed by atoms with Gasteiger partial charge in [0.05, 0.1) is 5.52 Å². The van der Waals surface area contributed by atoms with E-state index in [2.05, 4.69) is 4.42 Å². The van der Waals surface area contributed by atoms with Crippen LogP contribution in [0.4, 0.5) is 0 Å². The van der Waals surface area contributed by atoms with E-state index < -0.39 is 0 Å². The Bertz CT molecular complexity index is 399. The van der Waals surface area contributed by atoms with Crippen LogP contribution in [0, 0.1) is 0 Å². The van der Waals surface area contributed by atoms with Gasteiger partial charge < -0.3 is 4.42 Å². The first-order valence-electron chi connectivity index (χ1n) is 2.93. The molecule has 0 bridgehead atoms. The minimum Gasteiger partial charge on any atom is -0.415 e. The molecule has 0 spiro atoms. The van der Waals surface area contributed by atoms with E-state index in [4.69, 9.17) is 0 Å². The summed E-state index contributed by atoms with van der Waals surface area (Å²) in [6.07, 6.45) is 3.10. The smallest absolute Gasteiger partial charge is 0.415 e. The molecule has 0 fully saturated rings. The Labute approximate surface area is 56.5 Å². The summed E-state index contributed by atoms with van der Waals surface area (Å²) in [6.45, 7) is 0. The number of aromatic nitrogens is 1. The summed E-state index contributed by atoms with van der Waals surface area (Å²) in [5.74, 6) is -0.337. The fourth-order valence-electron chi connectivity index (χ4n) is 0.886. The van der Waals surface area contributed by atoms with Gasteiger partial charge in [-0.1, -0.05) is 6.07 Å². The van der Waals surface area contributed by atoms with Crippen molar-refractivity contribution in [3.63, 3.8) is 0 Å². The summed E-state index contributed by atoms with van der Waals surface area (Å²) in [7, 11) is 0. The number of pyridine rings is 1. The van der Waals surface area contributed by atoms with Crippen LogP contribution in [0.1, 0.15) is 0 Å². The molecule has 2 rings (SSSR count). The van der Waals surface area contributed by atoms with Crippen LogP contribution < -0.4 is 5.76 Å². The summed E-state index contributed by atoms with van der Waals surface area (Å²) in [5, 5.41) is 0. The number of nitrogens with zero attached hydrogens (tertiary/aromatic N) is 1. The van der Waals surface area contributed by atoms with Crippen molar-refractivity contribution in [3.8, 4) is 0 Å². The SMILES string of the molecule is O=c1occ2ccccn12. The molecule has 3 heteroatoms. The average molecular weight is 135 g/mol. The monoisotopic (exact) mass is 135 g/mol. The Balaban J connectivity index is 3.07. The topological polar surface area (TPSA) is 34.6 Å². The minimum absolute atomic E-state index is 0.337. The summed E-state index contributed by atoms with van der Waals surface area (Å²) >= 11 is 0. The van der Waals surface area contributed by atoms with Crippen LogP contribution in [0.15, 0.2) is 39.9 Å². The van der Waals surface area contributed by atoms with Gasteiger partial charge in [-0.3, -0.25) is 0 Å². The maximum absolute atomic E-state index is 10.8. The molecule has 0 aliphatic heterocycles. The lowest BCUT2D eigenvalue weighted by molar-refractivity contribution is 0.508. The molecule has 0 unspecified atom stereocenters. The van der Waals surface area contributed by atoms with Crippen molar-refractivity contribution in [2.75, 3.05) is 0 Å². The van der Waals surface area contributed by atoms with Crippen LogP contribution >= 0.6 is 0 Å². The van der Waals surface area contributed by atoms with Crippen molar-refractivity contribution in [1.82, 2.24) is 4.40 Å². The number of oxazole rings is 1. The van der Waals surface area contributed by atoms with Crippen LogP contribution in [0.2, 0.25) is 0 Å². The largest absolute Gasteiger partial charge is 0.423 e. The van der Waals surface area contributed by atoms with Crippen molar-refractivity contribution >= 4 is 5.52 Å². The fraction of sp³-hybridized carbons (Fsp3) is 0. The molecule has 0 aromatic carbocycles. The molecule has 10 heavy (non-hydrogen) atoms. The molecule has 3 nitrogen and oxygen atoms in total. The highest BCUT2D eigenvalue weighted by Crippen LogP contribution is 1.97. The zero-order valence-corrected chi connectivity index (χ0v) is 5.15. The van der Waals surface area contributed by atoms with E-state index in [0.29, 0.717) is 0 Å². The number of hydrogen-bond acceptors (Lipinski definition) is 2. The Morgan fingerprint density at radius 3 is 3.10 bits per heavy atom. The molecule has 0 N–H and O–H groups in total. The molecule has 0 atom stereocenters. The number of hydrogen-bond donors (Lipinski definition) is 0. The highest BCUT2D eigenvalue weighted by Gasteiger charge is 1.94. The van der Waals surface area contributed by atoms with Crippen LogP contribution in [0.5, 0.6) is 0 Å². The van der Waals surface area contributed by atoms with Crippen molar-refractivity contribution in [3.05, 3.63) is 41.2 Å². The molecular formula is C7H5NO2. The van der Waals surface area contributed by atoms with E-state index in [1.807, 2.05) is 12.1 Å². The number of fused-ring (bicyclic) bond motifs is 1. The van der Waals surface area contributed by atoms with Gasteiger partial charge in [0.15, 0.2) is 0 Å². The molecule has 0 aliphatic rings. The van der Waals surface area contributed by atoms with Gasteiger partial charge in [-0.15, -0.1) is 0 Å². The van der Waals surface area contributed by atoms with Gasteiger partial charge in [0, 0.05) is 6.20 Å². The minimum atomic E-state index is -0.337. The van der Waals surface area contributed by atoms with Gasteiger partial charge in [-0.2, -0.15) is 0 Å². The molecule has 2 aromatic heterocycles. The van der Waals surface area contributed by atoms with Gasteiger partial charge in [0.25, 0.3) is 0 Å². The maximum atomic E-state index is 10.8. The third-order valence-corrected chi connectivity index (χ3v) is 1.37. The molecule has 0 amide bonds. The summed E-state index contributed by atoms with van der Waals surface area (Å²) in [6, 6.07) is 5.44. The third-order valence-electron chi connectivity index (χ3n) is 1.37. The number of rotatable bonds is 0. The predicted octanol–water partition coefficient (Wildman–Crippen LogP) is 0.892. The highest BCUT2D eigenvalue weighted by molar-refractivity contribution is 5.42. The standard InChI is InChI=1S/C7H5NO2/c9-7-8-4-2-1-3-6(8)5-10-7/h1-5H. The van der Waals surface area contributed by atoms with Gasteiger partial charge in [-0.25, -0.2) is 9.20 Å². The lowest BCUT2D eigenvalue weighted by Crippen LogP contribution is -2.03. The summed E-state index contributed by atoms with van der Waals surface area (Å²) in [5.41, 5.74) is 0.785. The Hall–Kier alpha value is -1.51. The lowest BCUT2D eigenvalue weighted by atomic mass is 10.4. The van der Waals surface area contributed by atoms with Gasteiger partial charge >= 0.3 is 5.76 Å². The first-order valence-corrected chi connectivity index (χ1v) is 2.93. The van der Waals surface area contributed by atoms with Gasteiger partial charge in [0.1, 0.15) is 6.26 Å². The molecule has 2 heterocycles. The third kappa shape index (κ3) is 0.572. The van der Waals surface area contributed by atoms with E-state index in [0.717, 1.165) is 5.52 Å². The van der Waals surface area contributed by atoms with Crippen LogP contribution in [-0.2, 0) is 0 Å². The summed E-state index contributed by atoms with van der Waals surface area (Å²) in [4.78, 5) is 10.8. The van der Waals surface area contributed by atoms with E-state index in [-0.39, 0.29) is 5.76 Å². The van der Waals surface area contributed by atoms with Gasteiger partial charge in [0.2, 0.25) is 0 Å². The second kappa shape index (κ2) is 1.73. The fourth-order valence-corrected chi connectivity index (χ4v) is 0.886. The van der Waals surface area contributed by atoms with Crippen molar-refractivity contribution in [1.29, 1.82) is 0 Å². The van der Waals surface area contributed by atoms with Crippen molar-refractivity contribution in [2.24, 2.45) is 0 Å². The molecule has 2 aromatic rings. The second-order valence-electron chi connectivity index (χ2n) is 2.00. The van der Waals surface area contributed by atoms with Crippen LogP contribution in [0.25, 0.3) is 5.52 Å². The maximum Gasteiger partial charge on any atom is 0.423 e. The average Bonchev–Trinajstić information content (AvgIpc) is 2.34.